The minimum atomic E-state index is -2.58. The summed E-state index contributed by atoms with van der Waals surface area (Å²) in [5.41, 5.74) is 6.59. The number of ether oxygens (including phenoxy) is 6. The van der Waals surface area contributed by atoms with Crippen LogP contribution >= 0.6 is 22.7 Å². The van der Waals surface area contributed by atoms with E-state index in [2.05, 4.69) is 271 Å². The molecule has 0 amide bonds. The first-order valence-electron chi connectivity index (χ1n) is 38.9. The first kappa shape index (κ1) is 82.6. The van der Waals surface area contributed by atoms with Crippen molar-refractivity contribution < 1.29 is 42.1 Å². The zero-order valence-corrected chi connectivity index (χ0v) is 68.3. The second kappa shape index (κ2) is 41.2. The number of hydrogen-bond acceptors (Lipinski definition) is 13. The molecule has 0 atom stereocenters. The fraction of sp³-hybridized carbons (Fsp3) is 0.351. The van der Waals surface area contributed by atoms with Gasteiger partial charge >= 0.3 is 0 Å². The molecule has 574 valence electrons. The average Bonchev–Trinajstić information content (AvgIpc) is 1.42. The third-order valence-electron chi connectivity index (χ3n) is 20.1. The first-order valence-corrected chi connectivity index (χ1v) is 44.5. The van der Waals surface area contributed by atoms with Crippen LogP contribution in [0.4, 0.5) is 11.4 Å². The number of aldehydes is 1. The highest BCUT2D eigenvalue weighted by Crippen LogP contribution is 2.46. The minimum absolute atomic E-state index is 0. The third-order valence-corrected chi connectivity index (χ3v) is 32.1. The lowest BCUT2D eigenvalue weighted by Gasteiger charge is -2.43. The Balaban J connectivity index is 0.000000230. The van der Waals surface area contributed by atoms with Gasteiger partial charge in [-0.3, -0.25) is 4.79 Å². The number of nitrogens with zero attached hydrogens (tertiary/aromatic N) is 2. The largest absolute Gasteiger partial charge is 0.488 e. The molecule has 2 aromatic heterocycles. The number of anilines is 2. The molecule has 109 heavy (non-hydrogen) atoms. The van der Waals surface area contributed by atoms with Crippen molar-refractivity contribution in [1.82, 2.24) is 0 Å². The van der Waals surface area contributed by atoms with E-state index in [1.165, 1.54) is 63.5 Å². The van der Waals surface area contributed by atoms with Gasteiger partial charge in [0.1, 0.15) is 56.0 Å². The van der Waals surface area contributed by atoms with Crippen molar-refractivity contribution in [2.75, 3.05) is 75.6 Å². The zero-order chi connectivity index (χ0) is 75.5. The summed E-state index contributed by atoms with van der Waals surface area (Å²) in [6.45, 7) is 26.9. The standard InChI is InChI=1S/C47H55NO5SSi.C46H55NO4SSi.CH4/c1-5-6-16-29-48(30-17-18-31-53-55(47(2,3)4,40-21-12-8-13-22-40)41-23-14-9-15-24-41)39-27-25-38(42(34-39)52-36-37-19-10-7-11-20-37)26-28-43-45-46(44(35-49)54-43)51-33-32-50-45;1-5-6-16-29-47(30-17-18-31-51-53(46(2,3)4,40-21-12-8-13-22-40)41-23-14-9-15-24-41)39-27-25-38(42(34-39)50-35-37-19-10-7-11-20-37)26-28-44-45-43(36-52-44)48-32-33-49-45;/h7-15,19-28,34-35H,5-6,16-18,29-33,36H2,1-4H3;7-15,19-28,34,36H,5-6,16-18,29-33,35H2,1-4H3;1H4/b2*28-26+;. The molecule has 4 heterocycles. The van der Waals surface area contributed by atoms with Gasteiger partial charge in [-0.05, 0) is 129 Å². The topological polar surface area (TPSA) is 97.4 Å². The number of carbonyl (C=O) groups excluding carboxylic acids is 1. The quantitative estimate of drug-likeness (QED) is 0.0212. The summed E-state index contributed by atoms with van der Waals surface area (Å²) < 4.78 is 51.0. The number of fused-ring (bicyclic) bond motifs is 2. The highest BCUT2D eigenvalue weighted by molar-refractivity contribution is 7.15. The molecule has 0 saturated heterocycles. The van der Waals surface area contributed by atoms with E-state index < -0.39 is 16.6 Å². The highest BCUT2D eigenvalue weighted by atomic mass is 32.1. The molecule has 0 N–H and O–H groups in total. The van der Waals surface area contributed by atoms with E-state index in [0.717, 1.165) is 138 Å². The van der Waals surface area contributed by atoms with E-state index in [4.69, 9.17) is 37.3 Å². The summed E-state index contributed by atoms with van der Waals surface area (Å²) >= 11 is 3.02. The summed E-state index contributed by atoms with van der Waals surface area (Å²) in [6, 6.07) is 77.6. The number of thiophene rings is 2. The van der Waals surface area contributed by atoms with Crippen LogP contribution in [-0.2, 0) is 22.1 Å². The van der Waals surface area contributed by atoms with Crippen LogP contribution in [0, 0.1) is 0 Å². The highest BCUT2D eigenvalue weighted by Gasteiger charge is 2.51. The smallest absolute Gasteiger partial charge is 0.261 e. The minimum Gasteiger partial charge on any atom is -0.488 e. The molecule has 0 radical (unpaired) electrons. The summed E-state index contributed by atoms with van der Waals surface area (Å²) in [5, 5.41) is 7.24. The van der Waals surface area contributed by atoms with E-state index >= 15 is 0 Å². The Hall–Kier alpha value is -8.94. The second-order valence-corrected chi connectivity index (χ2v) is 40.4. The van der Waals surface area contributed by atoms with Crippen molar-refractivity contribution in [3.05, 3.63) is 261 Å². The van der Waals surface area contributed by atoms with E-state index in [1.54, 1.807) is 11.3 Å². The van der Waals surface area contributed by atoms with Crippen LogP contribution < -0.4 is 59.0 Å². The van der Waals surface area contributed by atoms with Crippen LogP contribution in [0.15, 0.2) is 224 Å². The van der Waals surface area contributed by atoms with Gasteiger partial charge in [0.25, 0.3) is 16.6 Å². The van der Waals surface area contributed by atoms with Crippen molar-refractivity contribution in [2.24, 2.45) is 0 Å². The van der Waals surface area contributed by atoms with Crippen LogP contribution in [-0.4, -0.2) is 88.7 Å². The Bertz CT molecular complexity index is 4330. The van der Waals surface area contributed by atoms with E-state index in [1.807, 2.05) is 41.8 Å². The molecule has 0 spiro atoms. The Kier molecular flexibility index (Phi) is 31.2. The van der Waals surface area contributed by atoms with Crippen LogP contribution in [0.5, 0.6) is 34.5 Å². The third kappa shape index (κ3) is 21.6. The van der Waals surface area contributed by atoms with Gasteiger partial charge in [0, 0.05) is 79.4 Å². The maximum atomic E-state index is 11.8. The van der Waals surface area contributed by atoms with Gasteiger partial charge in [-0.1, -0.05) is 270 Å². The lowest BCUT2D eigenvalue weighted by Crippen LogP contribution is -2.66. The maximum absolute atomic E-state index is 11.8. The van der Waals surface area contributed by atoms with E-state index in [-0.39, 0.29) is 17.5 Å². The predicted octanol–water partition coefficient (Wildman–Crippen LogP) is 21.7. The molecule has 0 aliphatic carbocycles. The predicted molar refractivity (Wildman–Crippen MR) is 464 cm³/mol. The van der Waals surface area contributed by atoms with Gasteiger partial charge < -0.3 is 47.1 Å². The van der Waals surface area contributed by atoms with E-state index in [0.29, 0.717) is 62.6 Å². The molecule has 11 nitrogen and oxygen atoms in total. The molecule has 15 heteroatoms. The lowest BCUT2D eigenvalue weighted by molar-refractivity contribution is 0.111. The molecule has 0 bridgehead atoms. The molecular weight excluding hydrogens is 1420 g/mol. The molecule has 0 unspecified atom stereocenters. The lowest BCUT2D eigenvalue weighted by atomic mass is 10.1. The Morgan fingerprint density at radius 2 is 0.771 bits per heavy atom. The van der Waals surface area contributed by atoms with Crippen molar-refractivity contribution in [1.29, 1.82) is 0 Å². The van der Waals surface area contributed by atoms with Gasteiger partial charge in [-0.25, -0.2) is 0 Å². The van der Waals surface area contributed by atoms with Crippen LogP contribution in [0.25, 0.3) is 24.3 Å². The molecular formula is C94H114N2O9S2Si2. The van der Waals surface area contributed by atoms with Crippen LogP contribution in [0.2, 0.25) is 10.1 Å². The summed E-state index contributed by atoms with van der Waals surface area (Å²) in [7, 11) is -5.13. The average molecular weight is 1540 g/mol. The molecule has 8 aromatic carbocycles. The van der Waals surface area contributed by atoms with Gasteiger partial charge in [0.15, 0.2) is 29.3 Å². The maximum Gasteiger partial charge on any atom is 0.261 e. The number of carbonyl (C=O) groups is 1. The van der Waals surface area contributed by atoms with Gasteiger partial charge in [-0.15, -0.1) is 22.7 Å². The van der Waals surface area contributed by atoms with Gasteiger partial charge in [0.05, 0.1) is 9.75 Å². The zero-order valence-electron chi connectivity index (χ0n) is 64.7. The molecule has 0 fully saturated rings. The van der Waals surface area contributed by atoms with Crippen molar-refractivity contribution in [3.63, 3.8) is 0 Å². The SMILES string of the molecule is C.CCCCCN(CCCCO[Si](c1ccccc1)(c1ccccc1)C(C)(C)C)c1ccc(/C=C/c2sc(C=O)c3c2OCCO3)c(OCc2ccccc2)c1.CCCCCN(CCCCO[Si](c1ccccc1)(c1ccccc1)C(C)(C)C)c1ccc(/C=C/c2scc3c2OCCO3)c(OCc2ccccc2)c1. The van der Waals surface area contributed by atoms with Crippen LogP contribution in [0.3, 0.4) is 0 Å². The Morgan fingerprint density at radius 1 is 0.413 bits per heavy atom. The molecule has 10 aromatic rings. The number of rotatable bonds is 37. The van der Waals surface area contributed by atoms with Gasteiger partial charge in [0.2, 0.25) is 0 Å². The molecule has 2 aliphatic rings. The molecule has 0 saturated carbocycles. The van der Waals surface area contributed by atoms with Crippen molar-refractivity contribution in [2.45, 2.75) is 150 Å². The van der Waals surface area contributed by atoms with E-state index in [9.17, 15) is 4.79 Å². The summed E-state index contributed by atoms with van der Waals surface area (Å²) in [6.07, 6.45) is 20.2. The number of unbranched alkanes of at least 4 members (excludes halogenated alkanes) is 6. The fourth-order valence-corrected chi connectivity index (χ4v) is 25.5. The summed E-state index contributed by atoms with van der Waals surface area (Å²) in [5.74, 6) is 4.53. The number of hydrogen-bond donors (Lipinski definition) is 0. The Morgan fingerprint density at radius 3 is 1.16 bits per heavy atom. The van der Waals surface area contributed by atoms with Crippen molar-refractivity contribution in [3.8, 4) is 34.5 Å². The summed E-state index contributed by atoms with van der Waals surface area (Å²) in [4.78, 5) is 19.3. The first-order chi connectivity index (χ1) is 52.7. The monoisotopic (exact) mass is 1530 g/mol. The second-order valence-electron chi connectivity index (χ2n) is 29.8. The normalized spacial score (nSPS) is 12.8. The van der Waals surface area contributed by atoms with Crippen LogP contribution in [0.1, 0.15) is 169 Å². The number of benzene rings is 8. The van der Waals surface area contributed by atoms with Gasteiger partial charge in [-0.2, -0.15) is 0 Å². The molecule has 2 aliphatic heterocycles. The Labute approximate surface area is 660 Å². The fourth-order valence-electron chi connectivity index (χ4n) is 14.6. The van der Waals surface area contributed by atoms with Crippen molar-refractivity contribution >= 4 is 102 Å². The molecule has 12 rings (SSSR count).